The van der Waals surface area contributed by atoms with Gasteiger partial charge in [-0.25, -0.2) is 13.2 Å². The quantitative estimate of drug-likeness (QED) is 0.799. The van der Waals surface area contributed by atoms with Crippen molar-refractivity contribution in [2.24, 2.45) is 0 Å². The first-order chi connectivity index (χ1) is 8.47. The summed E-state index contributed by atoms with van der Waals surface area (Å²) in [5.74, 6) is -1.63. The number of nitrogens with one attached hydrogen (secondary N) is 1. The van der Waals surface area contributed by atoms with Crippen molar-refractivity contribution < 1.29 is 13.2 Å². The molecule has 0 spiro atoms. The number of aryl methyl sites for hydroxylation is 1. The number of rotatable bonds is 2. The van der Waals surface area contributed by atoms with Crippen LogP contribution in [0.4, 0.5) is 30.2 Å². The molecule has 2 aromatic rings. The van der Waals surface area contributed by atoms with Crippen molar-refractivity contribution in [3.05, 3.63) is 53.3 Å². The molecule has 2 rings (SSSR count). The monoisotopic (exact) mass is 252 g/mol. The highest BCUT2D eigenvalue weighted by atomic mass is 19.1. The van der Waals surface area contributed by atoms with Gasteiger partial charge in [0, 0.05) is 6.07 Å². The summed E-state index contributed by atoms with van der Waals surface area (Å²) in [6.45, 7) is 1.56. The summed E-state index contributed by atoms with van der Waals surface area (Å²) in [4.78, 5) is 0. The summed E-state index contributed by atoms with van der Waals surface area (Å²) in [7, 11) is 0. The molecule has 0 aliphatic rings. The molecule has 0 aliphatic heterocycles. The average Bonchev–Trinajstić information content (AvgIpc) is 2.30. The molecule has 0 heterocycles. The molecule has 0 aromatic heterocycles. The number of nitrogens with two attached hydrogens (primary N) is 1. The fourth-order valence-corrected chi connectivity index (χ4v) is 1.54. The Kier molecular flexibility index (Phi) is 3.14. The molecule has 0 radical (unpaired) electrons. The summed E-state index contributed by atoms with van der Waals surface area (Å²) in [6.07, 6.45) is 0. The Balaban J connectivity index is 2.40. The van der Waals surface area contributed by atoms with E-state index in [1.54, 1.807) is 6.92 Å². The van der Waals surface area contributed by atoms with E-state index in [-0.39, 0.29) is 11.4 Å². The highest BCUT2D eigenvalue weighted by Crippen LogP contribution is 2.27. The number of nitrogen functional groups attached to an aromatic ring is 1. The number of hydrogen-bond acceptors (Lipinski definition) is 2. The highest BCUT2D eigenvalue weighted by Gasteiger charge is 2.08. The Morgan fingerprint density at radius 3 is 2.39 bits per heavy atom. The van der Waals surface area contributed by atoms with Crippen LogP contribution < -0.4 is 11.1 Å². The minimum absolute atomic E-state index is 0.0484. The lowest BCUT2D eigenvalue weighted by atomic mass is 10.1. The van der Waals surface area contributed by atoms with Crippen LogP contribution in [0.1, 0.15) is 5.56 Å². The van der Waals surface area contributed by atoms with Gasteiger partial charge in [-0.15, -0.1) is 0 Å². The Bertz CT molecular complexity index is 597. The van der Waals surface area contributed by atoms with Crippen LogP contribution in [0, 0.1) is 24.4 Å². The molecule has 0 amide bonds. The van der Waals surface area contributed by atoms with Crippen LogP contribution in [-0.2, 0) is 0 Å². The zero-order valence-corrected chi connectivity index (χ0v) is 9.60. The third-order valence-electron chi connectivity index (χ3n) is 2.53. The van der Waals surface area contributed by atoms with E-state index in [4.69, 9.17) is 5.73 Å². The number of hydrogen-bond donors (Lipinski definition) is 2. The summed E-state index contributed by atoms with van der Waals surface area (Å²) < 4.78 is 39.6. The normalized spacial score (nSPS) is 10.4. The minimum atomic E-state index is -0.613. The first-order valence-electron chi connectivity index (χ1n) is 5.25. The summed E-state index contributed by atoms with van der Waals surface area (Å²) in [5, 5.41) is 2.64. The Hall–Kier alpha value is -2.17. The largest absolute Gasteiger partial charge is 0.397 e. The molecular formula is C13H11F3N2. The second-order valence-corrected chi connectivity index (χ2v) is 3.94. The van der Waals surface area contributed by atoms with E-state index in [2.05, 4.69) is 5.32 Å². The number of benzene rings is 2. The molecule has 2 aromatic carbocycles. The molecule has 0 unspecified atom stereocenters. The highest BCUT2D eigenvalue weighted by molar-refractivity contribution is 5.73. The topological polar surface area (TPSA) is 38.0 Å². The maximum absolute atomic E-state index is 13.4. The Morgan fingerprint density at radius 2 is 1.67 bits per heavy atom. The van der Waals surface area contributed by atoms with E-state index in [1.165, 1.54) is 6.07 Å². The zero-order chi connectivity index (χ0) is 13.3. The first kappa shape index (κ1) is 12.3. The third-order valence-corrected chi connectivity index (χ3v) is 2.53. The number of anilines is 3. The van der Waals surface area contributed by atoms with Crippen molar-refractivity contribution in [2.45, 2.75) is 6.92 Å². The van der Waals surface area contributed by atoms with Crippen molar-refractivity contribution in [3.8, 4) is 0 Å². The van der Waals surface area contributed by atoms with E-state index in [1.807, 2.05) is 0 Å². The lowest BCUT2D eigenvalue weighted by molar-refractivity contribution is 0.603. The van der Waals surface area contributed by atoms with Crippen LogP contribution >= 0.6 is 0 Å². The lowest BCUT2D eigenvalue weighted by Crippen LogP contribution is -2.00. The van der Waals surface area contributed by atoms with E-state index in [9.17, 15) is 13.2 Å². The van der Waals surface area contributed by atoms with Gasteiger partial charge in [0.25, 0.3) is 0 Å². The van der Waals surface area contributed by atoms with Crippen molar-refractivity contribution in [2.75, 3.05) is 11.1 Å². The van der Waals surface area contributed by atoms with E-state index in [0.717, 1.165) is 24.3 Å². The lowest BCUT2D eigenvalue weighted by Gasteiger charge is -2.11. The summed E-state index contributed by atoms with van der Waals surface area (Å²) in [5.41, 5.74) is 6.38. The maximum Gasteiger partial charge on any atom is 0.146 e. The molecule has 0 bridgehead atoms. The minimum Gasteiger partial charge on any atom is -0.397 e. The van der Waals surface area contributed by atoms with Gasteiger partial charge < -0.3 is 11.1 Å². The van der Waals surface area contributed by atoms with Crippen molar-refractivity contribution in [1.82, 2.24) is 0 Å². The molecule has 3 N–H and O–H groups in total. The molecule has 0 atom stereocenters. The predicted molar refractivity (Wildman–Crippen MR) is 65.2 cm³/mol. The molecular weight excluding hydrogens is 241 g/mol. The van der Waals surface area contributed by atoms with Crippen LogP contribution in [-0.4, -0.2) is 0 Å². The second-order valence-electron chi connectivity index (χ2n) is 3.94. The van der Waals surface area contributed by atoms with Crippen molar-refractivity contribution in [1.29, 1.82) is 0 Å². The molecule has 94 valence electrons. The molecule has 0 aliphatic carbocycles. The molecule has 5 heteroatoms. The molecule has 2 nitrogen and oxygen atoms in total. The maximum atomic E-state index is 13.4. The van der Waals surface area contributed by atoms with Gasteiger partial charge in [-0.05, 0) is 36.8 Å². The molecule has 0 fully saturated rings. The van der Waals surface area contributed by atoms with E-state index in [0.29, 0.717) is 11.3 Å². The Morgan fingerprint density at radius 1 is 0.944 bits per heavy atom. The molecule has 0 saturated heterocycles. The average molecular weight is 252 g/mol. The SMILES string of the molecule is Cc1cc(Nc2cc(F)ccc2F)c(N)cc1F. The van der Waals surface area contributed by atoms with Crippen LogP contribution in [0.5, 0.6) is 0 Å². The predicted octanol–water partition coefficient (Wildman–Crippen LogP) is 3.74. The van der Waals surface area contributed by atoms with E-state index < -0.39 is 17.5 Å². The zero-order valence-electron chi connectivity index (χ0n) is 9.60. The van der Waals surface area contributed by atoms with Gasteiger partial charge in [0.2, 0.25) is 0 Å². The van der Waals surface area contributed by atoms with Crippen LogP contribution in [0.2, 0.25) is 0 Å². The van der Waals surface area contributed by atoms with Crippen molar-refractivity contribution in [3.63, 3.8) is 0 Å². The van der Waals surface area contributed by atoms with Crippen molar-refractivity contribution >= 4 is 17.1 Å². The standard InChI is InChI=1S/C13H11F3N2/c1-7-4-13(11(17)6-10(7)16)18-12-5-8(14)2-3-9(12)15/h2-6,18H,17H2,1H3. The van der Waals surface area contributed by atoms with Crippen LogP contribution in [0.15, 0.2) is 30.3 Å². The van der Waals surface area contributed by atoms with Gasteiger partial charge in [-0.2, -0.15) is 0 Å². The third kappa shape index (κ3) is 2.40. The van der Waals surface area contributed by atoms with Gasteiger partial charge in [-0.3, -0.25) is 0 Å². The smallest absolute Gasteiger partial charge is 0.146 e. The Labute approximate surface area is 102 Å². The summed E-state index contributed by atoms with van der Waals surface area (Å²) >= 11 is 0. The van der Waals surface area contributed by atoms with Crippen LogP contribution in [0.25, 0.3) is 0 Å². The fraction of sp³-hybridized carbons (Fsp3) is 0.0769. The number of halogens is 3. The van der Waals surface area contributed by atoms with Gasteiger partial charge in [0.15, 0.2) is 0 Å². The van der Waals surface area contributed by atoms with Gasteiger partial charge in [-0.1, -0.05) is 0 Å². The van der Waals surface area contributed by atoms with Gasteiger partial charge in [0.05, 0.1) is 17.1 Å². The molecule has 0 saturated carbocycles. The first-order valence-corrected chi connectivity index (χ1v) is 5.25. The van der Waals surface area contributed by atoms with Gasteiger partial charge >= 0.3 is 0 Å². The van der Waals surface area contributed by atoms with Crippen LogP contribution in [0.3, 0.4) is 0 Å². The van der Waals surface area contributed by atoms with E-state index >= 15 is 0 Å². The molecule has 18 heavy (non-hydrogen) atoms. The van der Waals surface area contributed by atoms with Gasteiger partial charge in [0.1, 0.15) is 17.5 Å². The fourth-order valence-electron chi connectivity index (χ4n) is 1.54. The summed E-state index contributed by atoms with van der Waals surface area (Å²) in [6, 6.07) is 5.60. The second kappa shape index (κ2) is 4.60.